The molecule has 6 heteroatoms. The summed E-state index contributed by atoms with van der Waals surface area (Å²) in [5.74, 6) is 0.128. The molecule has 0 aliphatic rings. The molecule has 2 aromatic carbocycles. The van der Waals surface area contributed by atoms with E-state index in [1.165, 1.54) is 11.0 Å². The second kappa shape index (κ2) is 8.58. The molecule has 0 N–H and O–H groups in total. The zero-order valence-corrected chi connectivity index (χ0v) is 14.6. The van der Waals surface area contributed by atoms with Gasteiger partial charge in [-0.2, -0.15) is 8.78 Å². The predicted octanol–water partition coefficient (Wildman–Crippen LogP) is 3.62. The molecule has 0 aliphatic heterocycles. The van der Waals surface area contributed by atoms with Crippen LogP contribution in [-0.4, -0.2) is 43.5 Å². The molecular formula is C19H22F2N2O2. The van der Waals surface area contributed by atoms with Gasteiger partial charge in [0.2, 0.25) is 0 Å². The van der Waals surface area contributed by atoms with Gasteiger partial charge in [0.15, 0.2) is 0 Å². The highest BCUT2D eigenvalue weighted by molar-refractivity contribution is 5.93. The molecule has 1 amide bonds. The van der Waals surface area contributed by atoms with Gasteiger partial charge >= 0.3 is 6.61 Å². The van der Waals surface area contributed by atoms with Gasteiger partial charge in [-0.05, 0) is 42.4 Å². The third-order valence-electron chi connectivity index (χ3n) is 3.64. The highest BCUT2D eigenvalue weighted by Crippen LogP contribution is 2.17. The number of amides is 1. The number of ether oxygens (including phenoxy) is 1. The normalized spacial score (nSPS) is 11.0. The molecule has 0 unspecified atom stereocenters. The molecule has 0 aromatic heterocycles. The minimum atomic E-state index is -2.82. The van der Waals surface area contributed by atoms with Crippen LogP contribution in [-0.2, 0) is 13.1 Å². The fourth-order valence-corrected chi connectivity index (χ4v) is 2.51. The van der Waals surface area contributed by atoms with Gasteiger partial charge in [-0.25, -0.2) is 0 Å². The van der Waals surface area contributed by atoms with Crippen LogP contribution in [0.4, 0.5) is 8.78 Å². The molecule has 0 saturated heterocycles. The van der Waals surface area contributed by atoms with Crippen LogP contribution in [0.1, 0.15) is 21.5 Å². The lowest BCUT2D eigenvalue weighted by Gasteiger charge is -2.18. The topological polar surface area (TPSA) is 32.8 Å². The van der Waals surface area contributed by atoms with E-state index in [2.05, 4.69) is 9.64 Å². The van der Waals surface area contributed by atoms with Crippen LogP contribution in [0.2, 0.25) is 0 Å². The molecule has 134 valence electrons. The highest BCUT2D eigenvalue weighted by atomic mass is 19.3. The maximum atomic E-state index is 12.3. The van der Waals surface area contributed by atoms with Crippen molar-refractivity contribution < 1.29 is 18.3 Å². The first-order chi connectivity index (χ1) is 11.8. The molecule has 0 atom stereocenters. The van der Waals surface area contributed by atoms with E-state index in [1.807, 2.05) is 37.4 Å². The fourth-order valence-electron chi connectivity index (χ4n) is 2.51. The Kier molecular flexibility index (Phi) is 6.47. The van der Waals surface area contributed by atoms with Gasteiger partial charge in [0.25, 0.3) is 5.91 Å². The maximum Gasteiger partial charge on any atom is 0.387 e. The van der Waals surface area contributed by atoms with Crippen LogP contribution in [0.15, 0.2) is 48.5 Å². The van der Waals surface area contributed by atoms with Crippen molar-refractivity contribution in [2.24, 2.45) is 0 Å². The zero-order valence-electron chi connectivity index (χ0n) is 14.6. The smallest absolute Gasteiger partial charge is 0.387 e. The standard InChI is InChI=1S/C19H22F2N2O2/c1-22(2)18(24)16-9-7-14(8-10-16)12-23(3)13-15-5-4-6-17(11-15)25-19(20)21/h4-11,19H,12-13H2,1-3H3. The number of rotatable bonds is 7. The van der Waals surface area contributed by atoms with Crippen LogP contribution in [0.5, 0.6) is 5.75 Å². The van der Waals surface area contributed by atoms with Crippen molar-refractivity contribution in [1.82, 2.24) is 9.80 Å². The van der Waals surface area contributed by atoms with Crippen LogP contribution < -0.4 is 4.74 Å². The first-order valence-corrected chi connectivity index (χ1v) is 7.88. The SMILES string of the molecule is CN(Cc1ccc(C(=O)N(C)C)cc1)Cc1cccc(OC(F)F)c1. The molecule has 4 nitrogen and oxygen atoms in total. The van der Waals surface area contributed by atoms with Crippen LogP contribution in [0.3, 0.4) is 0 Å². The summed E-state index contributed by atoms with van der Waals surface area (Å²) < 4.78 is 29.0. The Labute approximate surface area is 146 Å². The number of hydrogen-bond donors (Lipinski definition) is 0. The Hall–Kier alpha value is -2.47. The second-order valence-corrected chi connectivity index (χ2v) is 6.09. The fraction of sp³-hybridized carbons (Fsp3) is 0.316. The second-order valence-electron chi connectivity index (χ2n) is 6.09. The number of benzene rings is 2. The summed E-state index contributed by atoms with van der Waals surface area (Å²) in [4.78, 5) is 15.5. The lowest BCUT2D eigenvalue weighted by molar-refractivity contribution is -0.0499. The van der Waals surface area contributed by atoms with Crippen molar-refractivity contribution in [3.05, 3.63) is 65.2 Å². The van der Waals surface area contributed by atoms with E-state index in [0.29, 0.717) is 18.7 Å². The Morgan fingerprint density at radius 2 is 1.64 bits per heavy atom. The van der Waals surface area contributed by atoms with Crippen LogP contribution in [0, 0.1) is 0 Å². The van der Waals surface area contributed by atoms with Gasteiger partial charge in [-0.3, -0.25) is 9.69 Å². The molecule has 2 rings (SSSR count). The van der Waals surface area contributed by atoms with Crippen molar-refractivity contribution in [2.45, 2.75) is 19.7 Å². The third-order valence-corrected chi connectivity index (χ3v) is 3.64. The van der Waals surface area contributed by atoms with E-state index < -0.39 is 6.61 Å². The van der Waals surface area contributed by atoms with Gasteiger partial charge in [-0.15, -0.1) is 0 Å². The molecule has 0 spiro atoms. The minimum absolute atomic E-state index is 0.0317. The minimum Gasteiger partial charge on any atom is -0.435 e. The Bertz CT molecular complexity index is 703. The molecule has 25 heavy (non-hydrogen) atoms. The van der Waals surface area contributed by atoms with Gasteiger partial charge in [0.05, 0.1) is 0 Å². The summed E-state index contributed by atoms with van der Waals surface area (Å²) in [6.07, 6.45) is 0. The Morgan fingerprint density at radius 3 is 2.24 bits per heavy atom. The number of alkyl halides is 2. The van der Waals surface area contributed by atoms with Gasteiger partial charge in [-0.1, -0.05) is 24.3 Å². The predicted molar refractivity (Wildman–Crippen MR) is 92.7 cm³/mol. The molecule has 0 saturated carbocycles. The van der Waals surface area contributed by atoms with Gasteiger partial charge in [0.1, 0.15) is 5.75 Å². The van der Waals surface area contributed by atoms with Crippen molar-refractivity contribution in [3.63, 3.8) is 0 Å². The highest BCUT2D eigenvalue weighted by Gasteiger charge is 2.09. The van der Waals surface area contributed by atoms with Crippen molar-refractivity contribution >= 4 is 5.91 Å². The number of halogens is 2. The molecule has 0 fully saturated rings. The maximum absolute atomic E-state index is 12.3. The van der Waals surface area contributed by atoms with Gasteiger partial charge < -0.3 is 9.64 Å². The molecular weight excluding hydrogens is 326 g/mol. The molecule has 0 aliphatic carbocycles. The Morgan fingerprint density at radius 1 is 1.00 bits per heavy atom. The van der Waals surface area contributed by atoms with Crippen LogP contribution >= 0.6 is 0 Å². The monoisotopic (exact) mass is 348 g/mol. The average molecular weight is 348 g/mol. The largest absolute Gasteiger partial charge is 0.435 e. The van der Waals surface area contributed by atoms with Crippen LogP contribution in [0.25, 0.3) is 0 Å². The molecule has 2 aromatic rings. The number of nitrogens with zero attached hydrogens (tertiary/aromatic N) is 2. The number of carbonyl (C=O) groups excluding carboxylic acids is 1. The van der Waals surface area contributed by atoms with E-state index >= 15 is 0 Å². The molecule has 0 radical (unpaired) electrons. The van der Waals surface area contributed by atoms with E-state index in [4.69, 9.17) is 0 Å². The summed E-state index contributed by atoms with van der Waals surface area (Å²) in [5.41, 5.74) is 2.60. The third kappa shape index (κ3) is 5.83. The van der Waals surface area contributed by atoms with E-state index in [1.54, 1.807) is 26.2 Å². The first kappa shape index (κ1) is 18.9. The summed E-state index contributed by atoms with van der Waals surface area (Å²) in [7, 11) is 5.38. The van der Waals surface area contributed by atoms with Crippen molar-refractivity contribution in [1.29, 1.82) is 0 Å². The van der Waals surface area contributed by atoms with Crippen molar-refractivity contribution in [3.8, 4) is 5.75 Å². The summed E-state index contributed by atoms with van der Waals surface area (Å²) in [5, 5.41) is 0. The Balaban J connectivity index is 1.96. The quantitative estimate of drug-likeness (QED) is 0.766. The number of hydrogen-bond acceptors (Lipinski definition) is 3. The molecule has 0 heterocycles. The lowest BCUT2D eigenvalue weighted by Crippen LogP contribution is -2.21. The van der Waals surface area contributed by atoms with Crippen molar-refractivity contribution in [2.75, 3.05) is 21.1 Å². The van der Waals surface area contributed by atoms with E-state index in [9.17, 15) is 13.6 Å². The lowest BCUT2D eigenvalue weighted by atomic mass is 10.1. The summed E-state index contributed by atoms with van der Waals surface area (Å²) in [6.45, 7) is -1.55. The zero-order chi connectivity index (χ0) is 18.4. The summed E-state index contributed by atoms with van der Waals surface area (Å²) in [6, 6.07) is 14.1. The van der Waals surface area contributed by atoms with E-state index in [0.717, 1.165) is 11.1 Å². The first-order valence-electron chi connectivity index (χ1n) is 7.88. The van der Waals surface area contributed by atoms with E-state index in [-0.39, 0.29) is 11.7 Å². The average Bonchev–Trinajstić information content (AvgIpc) is 2.54. The summed E-state index contributed by atoms with van der Waals surface area (Å²) >= 11 is 0. The molecule has 0 bridgehead atoms. The van der Waals surface area contributed by atoms with Gasteiger partial charge in [0, 0.05) is 32.7 Å². The number of carbonyl (C=O) groups is 1.